The lowest BCUT2D eigenvalue weighted by Gasteiger charge is -2.04. The van der Waals surface area contributed by atoms with Crippen LogP contribution in [0.3, 0.4) is 0 Å². The minimum Gasteiger partial charge on any atom is -0.478 e. The van der Waals surface area contributed by atoms with E-state index in [-0.39, 0.29) is 5.56 Å². The van der Waals surface area contributed by atoms with Gasteiger partial charge < -0.3 is 9.52 Å². The van der Waals surface area contributed by atoms with E-state index in [1.165, 1.54) is 10.7 Å². The fourth-order valence-electron chi connectivity index (χ4n) is 1.55. The summed E-state index contributed by atoms with van der Waals surface area (Å²) in [6.45, 7) is 1.56. The molecule has 2 N–H and O–H groups in total. The molecule has 0 bridgehead atoms. The maximum absolute atomic E-state index is 11.2. The zero-order valence-corrected chi connectivity index (χ0v) is 11.5. The van der Waals surface area contributed by atoms with Gasteiger partial charge in [-0.25, -0.2) is 4.79 Å². The monoisotopic (exact) mass is 297 g/mol. The predicted molar refractivity (Wildman–Crippen MR) is 70.1 cm³/mol. The number of hydrogen-bond donors (Lipinski definition) is 2. The Labute approximate surface area is 116 Å². The summed E-state index contributed by atoms with van der Waals surface area (Å²) in [5.74, 6) is -0.000641. The molecule has 106 valence electrons. The van der Waals surface area contributed by atoms with Crippen LogP contribution in [0.15, 0.2) is 25.2 Å². The van der Waals surface area contributed by atoms with Crippen molar-refractivity contribution in [3.8, 4) is 0 Å². The van der Waals surface area contributed by atoms with Crippen molar-refractivity contribution in [2.45, 2.75) is 17.8 Å². The van der Waals surface area contributed by atoms with Crippen molar-refractivity contribution in [2.75, 3.05) is 0 Å². The van der Waals surface area contributed by atoms with Crippen LogP contribution in [0.1, 0.15) is 21.9 Å². The van der Waals surface area contributed by atoms with Crippen LogP contribution in [-0.2, 0) is 12.8 Å². The van der Waals surface area contributed by atoms with Gasteiger partial charge in [0.15, 0.2) is 5.16 Å². The second-order valence-corrected chi connectivity index (χ2v) is 4.92. The van der Waals surface area contributed by atoms with Crippen molar-refractivity contribution in [3.63, 3.8) is 0 Å². The fourth-order valence-corrected chi connectivity index (χ4v) is 2.35. The molecular weight excluding hydrogens is 286 g/mol. The van der Waals surface area contributed by atoms with Crippen LogP contribution in [0.5, 0.6) is 0 Å². The van der Waals surface area contributed by atoms with Crippen LogP contribution < -0.4 is 11.1 Å². The number of thioether (sulfide) groups is 1. The van der Waals surface area contributed by atoms with E-state index in [4.69, 9.17) is 9.52 Å². The van der Waals surface area contributed by atoms with Gasteiger partial charge in [-0.15, -0.1) is 0 Å². The van der Waals surface area contributed by atoms with Crippen LogP contribution in [0.25, 0.3) is 0 Å². The number of carbonyl (C=O) groups is 1. The van der Waals surface area contributed by atoms with E-state index >= 15 is 0 Å². The third kappa shape index (κ3) is 2.82. The molecular formula is C11H11N3O5S. The number of hydrogen-bond acceptors (Lipinski definition) is 6. The Balaban J connectivity index is 2.19. The SMILES string of the molecule is Cc1oc(CSc2nc(=O)c(=O)[nH]n2C)cc1C(=O)O. The highest BCUT2D eigenvalue weighted by Gasteiger charge is 2.14. The first-order valence-electron chi connectivity index (χ1n) is 5.51. The maximum atomic E-state index is 11.2. The van der Waals surface area contributed by atoms with Gasteiger partial charge in [-0.2, -0.15) is 4.98 Å². The first-order chi connectivity index (χ1) is 9.38. The number of H-pyrrole nitrogens is 1. The Kier molecular flexibility index (Phi) is 3.79. The summed E-state index contributed by atoms with van der Waals surface area (Å²) < 4.78 is 6.62. The molecule has 0 saturated carbocycles. The van der Waals surface area contributed by atoms with Gasteiger partial charge in [-0.3, -0.25) is 19.4 Å². The number of rotatable bonds is 4. The average molecular weight is 297 g/mol. The highest BCUT2D eigenvalue weighted by Crippen LogP contribution is 2.22. The highest BCUT2D eigenvalue weighted by atomic mass is 32.2. The molecule has 0 aliphatic heterocycles. The number of carboxylic acids is 1. The number of aromatic carboxylic acids is 1. The lowest BCUT2D eigenvalue weighted by Crippen LogP contribution is -2.33. The van der Waals surface area contributed by atoms with Gasteiger partial charge >= 0.3 is 17.1 Å². The van der Waals surface area contributed by atoms with Crippen LogP contribution in [0.2, 0.25) is 0 Å². The van der Waals surface area contributed by atoms with Crippen molar-refractivity contribution < 1.29 is 14.3 Å². The molecule has 2 heterocycles. The van der Waals surface area contributed by atoms with Crippen molar-refractivity contribution in [1.82, 2.24) is 14.8 Å². The number of aromatic amines is 1. The Morgan fingerprint density at radius 3 is 2.85 bits per heavy atom. The molecule has 2 aromatic rings. The third-order valence-corrected chi connectivity index (χ3v) is 3.54. The van der Waals surface area contributed by atoms with Gasteiger partial charge in [0, 0.05) is 7.05 Å². The van der Waals surface area contributed by atoms with Gasteiger partial charge in [0.1, 0.15) is 17.1 Å². The molecule has 0 atom stereocenters. The largest absolute Gasteiger partial charge is 0.478 e. The van der Waals surface area contributed by atoms with E-state index in [1.807, 2.05) is 0 Å². The first-order valence-corrected chi connectivity index (χ1v) is 6.50. The van der Waals surface area contributed by atoms with Crippen LogP contribution >= 0.6 is 11.8 Å². The molecule has 0 spiro atoms. The van der Waals surface area contributed by atoms with Gasteiger partial charge in [0.25, 0.3) is 0 Å². The Bertz CT molecular complexity index is 773. The Morgan fingerprint density at radius 1 is 1.55 bits per heavy atom. The van der Waals surface area contributed by atoms with Crippen LogP contribution in [-0.4, -0.2) is 25.8 Å². The number of nitrogens with one attached hydrogen (secondary N) is 1. The summed E-state index contributed by atoms with van der Waals surface area (Å²) in [5.41, 5.74) is -1.56. The smallest absolute Gasteiger partial charge is 0.339 e. The minimum atomic E-state index is -1.06. The molecule has 0 aliphatic carbocycles. The topological polar surface area (TPSA) is 118 Å². The summed E-state index contributed by atoms with van der Waals surface area (Å²) >= 11 is 1.15. The molecule has 2 rings (SSSR count). The normalized spacial score (nSPS) is 10.7. The number of aryl methyl sites for hydroxylation is 2. The van der Waals surface area contributed by atoms with E-state index < -0.39 is 17.1 Å². The van der Waals surface area contributed by atoms with Crippen molar-refractivity contribution in [2.24, 2.45) is 7.05 Å². The number of carboxylic acid groups (broad SMARTS) is 1. The van der Waals surface area contributed by atoms with Gasteiger partial charge in [0.2, 0.25) is 0 Å². The van der Waals surface area contributed by atoms with Crippen molar-refractivity contribution in [1.29, 1.82) is 0 Å². The van der Waals surface area contributed by atoms with E-state index in [2.05, 4.69) is 10.1 Å². The average Bonchev–Trinajstić information content (AvgIpc) is 2.74. The number of furan rings is 1. The zero-order chi connectivity index (χ0) is 14.9. The number of nitrogens with zero attached hydrogens (tertiary/aromatic N) is 2. The summed E-state index contributed by atoms with van der Waals surface area (Å²) in [7, 11) is 1.55. The van der Waals surface area contributed by atoms with E-state index in [0.29, 0.717) is 22.4 Å². The molecule has 0 unspecified atom stereocenters. The molecule has 0 aliphatic rings. The molecule has 9 heteroatoms. The first kappa shape index (κ1) is 14.1. The van der Waals surface area contributed by atoms with Gasteiger partial charge in [-0.1, -0.05) is 11.8 Å². The second-order valence-electron chi connectivity index (χ2n) is 3.98. The fraction of sp³-hybridized carbons (Fsp3) is 0.273. The molecule has 0 saturated heterocycles. The maximum Gasteiger partial charge on any atom is 0.339 e. The summed E-state index contributed by atoms with van der Waals surface area (Å²) in [6.07, 6.45) is 0. The third-order valence-electron chi connectivity index (χ3n) is 2.49. The second kappa shape index (κ2) is 5.37. The van der Waals surface area contributed by atoms with E-state index in [1.54, 1.807) is 14.0 Å². The highest BCUT2D eigenvalue weighted by molar-refractivity contribution is 7.98. The quantitative estimate of drug-likeness (QED) is 0.617. The van der Waals surface area contributed by atoms with E-state index in [0.717, 1.165) is 11.8 Å². The van der Waals surface area contributed by atoms with Crippen LogP contribution in [0, 0.1) is 6.92 Å². The lowest BCUT2D eigenvalue weighted by atomic mass is 10.2. The van der Waals surface area contributed by atoms with E-state index in [9.17, 15) is 14.4 Å². The van der Waals surface area contributed by atoms with Crippen molar-refractivity contribution in [3.05, 3.63) is 43.9 Å². The Morgan fingerprint density at radius 2 is 2.25 bits per heavy atom. The van der Waals surface area contributed by atoms with Gasteiger partial charge in [0.05, 0.1) is 5.75 Å². The summed E-state index contributed by atoms with van der Waals surface area (Å²) in [6, 6.07) is 1.43. The molecule has 20 heavy (non-hydrogen) atoms. The molecule has 2 aromatic heterocycles. The molecule has 0 amide bonds. The van der Waals surface area contributed by atoms with Gasteiger partial charge in [-0.05, 0) is 13.0 Å². The van der Waals surface area contributed by atoms with Crippen molar-refractivity contribution >= 4 is 17.7 Å². The molecule has 0 aromatic carbocycles. The lowest BCUT2D eigenvalue weighted by molar-refractivity contribution is 0.0695. The molecule has 0 fully saturated rings. The zero-order valence-electron chi connectivity index (χ0n) is 10.7. The predicted octanol–water partition coefficient (Wildman–Crippen LogP) is 0.361. The standard InChI is InChI=1S/C11H11N3O5S/c1-5-7(10(17)18)3-6(19-5)4-20-11-12-8(15)9(16)13-14(11)2/h3H,4H2,1-2H3,(H,13,16)(H,17,18). The summed E-state index contributed by atoms with van der Waals surface area (Å²) in [4.78, 5) is 36.7. The summed E-state index contributed by atoms with van der Waals surface area (Å²) in [5, 5.41) is 11.5. The Hall–Kier alpha value is -2.29. The molecule has 8 nitrogen and oxygen atoms in total. The minimum absolute atomic E-state index is 0.101. The molecule has 0 radical (unpaired) electrons. The van der Waals surface area contributed by atoms with Crippen LogP contribution in [0.4, 0.5) is 0 Å². The number of aromatic nitrogens is 3.